The van der Waals surface area contributed by atoms with Gasteiger partial charge in [-0.1, -0.05) is 29.8 Å². The first-order valence-corrected chi connectivity index (χ1v) is 10.1. The van der Waals surface area contributed by atoms with Gasteiger partial charge in [-0.2, -0.15) is 4.31 Å². The van der Waals surface area contributed by atoms with E-state index >= 15 is 0 Å². The Hall–Kier alpha value is -2.51. The summed E-state index contributed by atoms with van der Waals surface area (Å²) in [6, 6.07) is 12.6. The minimum Gasteiger partial charge on any atom is -0.337 e. The summed E-state index contributed by atoms with van der Waals surface area (Å²) >= 11 is 0. The lowest BCUT2D eigenvalue weighted by Gasteiger charge is -2.33. The van der Waals surface area contributed by atoms with E-state index in [1.54, 1.807) is 47.4 Å². The zero-order valence-electron chi connectivity index (χ0n) is 15.0. The van der Waals surface area contributed by atoms with Crippen LogP contribution in [0, 0.1) is 12.7 Å². The van der Waals surface area contributed by atoms with Crippen molar-refractivity contribution in [1.29, 1.82) is 0 Å². The van der Waals surface area contributed by atoms with Crippen LogP contribution in [0.5, 0.6) is 0 Å². The third-order valence-electron chi connectivity index (χ3n) is 4.50. The first kappa shape index (κ1) is 19.3. The molecule has 7 heteroatoms. The van der Waals surface area contributed by atoms with Gasteiger partial charge in [0.15, 0.2) is 0 Å². The molecule has 2 aromatic rings. The molecule has 1 heterocycles. The Balaban J connectivity index is 1.60. The highest BCUT2D eigenvalue weighted by Gasteiger charge is 2.29. The van der Waals surface area contributed by atoms with Crippen molar-refractivity contribution >= 4 is 22.0 Å². The summed E-state index contributed by atoms with van der Waals surface area (Å²) in [6.45, 7) is 3.08. The Bertz CT molecular complexity index is 930. The third kappa shape index (κ3) is 4.61. The van der Waals surface area contributed by atoms with Gasteiger partial charge in [-0.25, -0.2) is 12.8 Å². The van der Waals surface area contributed by atoms with E-state index in [0.717, 1.165) is 11.1 Å². The number of carbonyl (C=O) groups excluding carboxylic acids is 1. The van der Waals surface area contributed by atoms with Gasteiger partial charge in [0.25, 0.3) is 0 Å². The van der Waals surface area contributed by atoms with E-state index in [9.17, 15) is 17.6 Å². The maximum atomic E-state index is 12.9. The molecule has 1 aliphatic heterocycles. The van der Waals surface area contributed by atoms with Crippen LogP contribution in [0.25, 0.3) is 6.08 Å². The van der Waals surface area contributed by atoms with Gasteiger partial charge in [0.2, 0.25) is 15.9 Å². The van der Waals surface area contributed by atoms with Gasteiger partial charge >= 0.3 is 0 Å². The number of piperazine rings is 1. The average molecular weight is 388 g/mol. The molecule has 0 radical (unpaired) electrons. The molecule has 0 atom stereocenters. The van der Waals surface area contributed by atoms with Crippen molar-refractivity contribution in [2.75, 3.05) is 26.2 Å². The summed E-state index contributed by atoms with van der Waals surface area (Å²) in [6.07, 6.45) is 3.05. The fourth-order valence-electron chi connectivity index (χ4n) is 2.85. The Morgan fingerprint density at radius 1 is 0.963 bits per heavy atom. The predicted octanol–water partition coefficient (Wildman–Crippen LogP) is 2.68. The van der Waals surface area contributed by atoms with Gasteiger partial charge in [-0.05, 0) is 42.8 Å². The zero-order chi connectivity index (χ0) is 19.4. The molecule has 0 aromatic heterocycles. The van der Waals surface area contributed by atoms with E-state index in [-0.39, 0.29) is 29.7 Å². The van der Waals surface area contributed by atoms with Crippen LogP contribution in [-0.2, 0) is 14.8 Å². The number of carbonyl (C=O) groups is 1. The number of benzene rings is 2. The number of hydrogen-bond donors (Lipinski definition) is 0. The number of aryl methyl sites for hydroxylation is 1. The van der Waals surface area contributed by atoms with E-state index in [4.69, 9.17) is 0 Å². The summed E-state index contributed by atoms with van der Waals surface area (Å²) in [7, 11) is -3.55. The first-order chi connectivity index (χ1) is 12.9. The lowest BCUT2D eigenvalue weighted by Crippen LogP contribution is -2.50. The molecule has 0 saturated carbocycles. The van der Waals surface area contributed by atoms with E-state index < -0.39 is 10.0 Å². The summed E-state index contributed by atoms with van der Waals surface area (Å²) in [5, 5.41) is 0. The summed E-state index contributed by atoms with van der Waals surface area (Å²) in [5.74, 6) is -0.518. The Labute approximate surface area is 158 Å². The van der Waals surface area contributed by atoms with Gasteiger partial charge in [-0.3, -0.25) is 4.79 Å². The van der Waals surface area contributed by atoms with Crippen LogP contribution in [0.2, 0.25) is 0 Å². The summed E-state index contributed by atoms with van der Waals surface area (Å²) < 4.78 is 39.7. The van der Waals surface area contributed by atoms with Crippen LogP contribution in [0.15, 0.2) is 59.5 Å². The monoisotopic (exact) mass is 388 g/mol. The second-order valence-corrected chi connectivity index (χ2v) is 8.37. The molecule has 1 fully saturated rings. The lowest BCUT2D eigenvalue weighted by molar-refractivity contribution is -0.127. The molecule has 0 N–H and O–H groups in total. The van der Waals surface area contributed by atoms with Crippen LogP contribution in [0.4, 0.5) is 4.39 Å². The lowest BCUT2D eigenvalue weighted by atomic mass is 10.2. The van der Waals surface area contributed by atoms with Gasteiger partial charge < -0.3 is 4.90 Å². The smallest absolute Gasteiger partial charge is 0.246 e. The first-order valence-electron chi connectivity index (χ1n) is 8.66. The number of hydrogen-bond acceptors (Lipinski definition) is 3. The second kappa shape index (κ2) is 8.02. The topological polar surface area (TPSA) is 57.7 Å². The Morgan fingerprint density at radius 2 is 1.56 bits per heavy atom. The molecule has 0 spiro atoms. The molecule has 1 amide bonds. The van der Waals surface area contributed by atoms with Crippen molar-refractivity contribution in [1.82, 2.24) is 9.21 Å². The fourth-order valence-corrected chi connectivity index (χ4v) is 4.28. The van der Waals surface area contributed by atoms with Crippen molar-refractivity contribution in [3.05, 3.63) is 71.6 Å². The normalized spacial score (nSPS) is 16.0. The molecular formula is C20H21FN2O3S. The largest absolute Gasteiger partial charge is 0.337 e. The molecule has 142 valence electrons. The molecule has 2 aromatic carbocycles. The minimum absolute atomic E-state index is 0.188. The van der Waals surface area contributed by atoms with Crippen LogP contribution in [0.3, 0.4) is 0 Å². The van der Waals surface area contributed by atoms with Crippen molar-refractivity contribution in [3.63, 3.8) is 0 Å². The number of halogens is 1. The number of sulfonamides is 1. The molecule has 0 unspecified atom stereocenters. The molecule has 27 heavy (non-hydrogen) atoms. The van der Waals surface area contributed by atoms with E-state index in [1.165, 1.54) is 22.5 Å². The molecule has 1 saturated heterocycles. The average Bonchev–Trinajstić information content (AvgIpc) is 2.68. The fraction of sp³-hybridized carbons (Fsp3) is 0.250. The van der Waals surface area contributed by atoms with Gasteiger partial charge in [0.05, 0.1) is 4.90 Å². The maximum absolute atomic E-state index is 12.9. The molecular weight excluding hydrogens is 367 g/mol. The summed E-state index contributed by atoms with van der Waals surface area (Å²) in [5.41, 5.74) is 1.72. The number of amides is 1. The molecule has 1 aliphatic rings. The SMILES string of the molecule is Cc1ccc(S(=O)(=O)N2CCN(C(=O)/C=C/c3ccc(F)cc3)CC2)cc1. The number of nitrogens with zero attached hydrogens (tertiary/aromatic N) is 2. The van der Waals surface area contributed by atoms with Crippen molar-refractivity contribution in [2.24, 2.45) is 0 Å². The molecule has 0 bridgehead atoms. The number of rotatable bonds is 4. The maximum Gasteiger partial charge on any atom is 0.246 e. The van der Waals surface area contributed by atoms with Crippen LogP contribution < -0.4 is 0 Å². The van der Waals surface area contributed by atoms with E-state index in [2.05, 4.69) is 0 Å². The predicted molar refractivity (Wildman–Crippen MR) is 102 cm³/mol. The summed E-state index contributed by atoms with van der Waals surface area (Å²) in [4.78, 5) is 14.2. The highest BCUT2D eigenvalue weighted by Crippen LogP contribution is 2.18. The highest BCUT2D eigenvalue weighted by atomic mass is 32.2. The van der Waals surface area contributed by atoms with Crippen LogP contribution >= 0.6 is 0 Å². The second-order valence-electron chi connectivity index (χ2n) is 6.43. The zero-order valence-corrected chi connectivity index (χ0v) is 15.8. The van der Waals surface area contributed by atoms with Gasteiger partial charge in [0.1, 0.15) is 5.82 Å². The van der Waals surface area contributed by atoms with Crippen molar-refractivity contribution < 1.29 is 17.6 Å². The minimum atomic E-state index is -3.55. The third-order valence-corrected chi connectivity index (χ3v) is 6.41. The molecule has 5 nitrogen and oxygen atoms in total. The van der Waals surface area contributed by atoms with Crippen LogP contribution in [0.1, 0.15) is 11.1 Å². The van der Waals surface area contributed by atoms with E-state index in [1.807, 2.05) is 6.92 Å². The quantitative estimate of drug-likeness (QED) is 0.757. The van der Waals surface area contributed by atoms with Gasteiger partial charge in [0, 0.05) is 32.3 Å². The standard InChI is InChI=1S/C20H21FN2O3S/c1-16-2-9-19(10-3-16)27(25,26)23-14-12-22(13-15-23)20(24)11-6-17-4-7-18(21)8-5-17/h2-11H,12-15H2,1H3/b11-6+. The van der Waals surface area contributed by atoms with Crippen molar-refractivity contribution in [3.8, 4) is 0 Å². The van der Waals surface area contributed by atoms with E-state index in [0.29, 0.717) is 13.1 Å². The Kier molecular flexibility index (Phi) is 5.72. The highest BCUT2D eigenvalue weighted by molar-refractivity contribution is 7.89. The molecule has 3 rings (SSSR count). The molecule has 0 aliphatic carbocycles. The Morgan fingerprint density at radius 3 is 2.15 bits per heavy atom. The van der Waals surface area contributed by atoms with Gasteiger partial charge in [-0.15, -0.1) is 0 Å². The van der Waals surface area contributed by atoms with Crippen molar-refractivity contribution in [2.45, 2.75) is 11.8 Å². The van der Waals surface area contributed by atoms with Crippen LogP contribution in [-0.4, -0.2) is 49.7 Å².